The molecule has 1 aliphatic rings. The Morgan fingerprint density at radius 2 is 1.83 bits per heavy atom. The highest BCUT2D eigenvalue weighted by Gasteiger charge is 2.37. The Kier molecular flexibility index (Phi) is 12.0. The molecule has 1 heterocycles. The summed E-state index contributed by atoms with van der Waals surface area (Å²) in [5, 5.41) is 33.9. The molecule has 1 unspecified atom stereocenters. The molecule has 8 heteroatoms. The summed E-state index contributed by atoms with van der Waals surface area (Å²) in [6.45, 7) is 7.07. The van der Waals surface area contributed by atoms with Crippen LogP contribution >= 0.6 is 0 Å². The number of aliphatic hydroxyl groups is 3. The number of hydrogen-bond donors (Lipinski definition) is 4. The number of allylic oxidation sites excluding steroid dienone is 1. The average molecular weight is 505 g/mol. The van der Waals surface area contributed by atoms with Gasteiger partial charge in [-0.05, 0) is 49.5 Å². The van der Waals surface area contributed by atoms with Crippen molar-refractivity contribution in [3.8, 4) is 0 Å². The zero-order valence-corrected chi connectivity index (χ0v) is 22.1. The lowest BCUT2D eigenvalue weighted by Crippen LogP contribution is -2.55. The Labute approximate surface area is 215 Å². The van der Waals surface area contributed by atoms with E-state index in [0.717, 1.165) is 32.1 Å². The minimum absolute atomic E-state index is 0.140. The summed E-state index contributed by atoms with van der Waals surface area (Å²) in [5.41, 5.74) is 1.05. The van der Waals surface area contributed by atoms with Gasteiger partial charge in [0.15, 0.2) is 6.10 Å². The van der Waals surface area contributed by atoms with E-state index in [1.807, 2.05) is 39.0 Å². The van der Waals surface area contributed by atoms with Gasteiger partial charge in [-0.25, -0.2) is 0 Å². The number of methoxy groups -OCH3 is 1. The molecule has 4 N–H and O–H groups in total. The molecular weight excluding hydrogens is 460 g/mol. The first-order valence-corrected chi connectivity index (χ1v) is 12.9. The number of likely N-dealkylation sites (tertiary alicyclic amines) is 1. The fraction of sp³-hybridized carbons (Fsp3) is 0.643. The molecular formula is C28H44N2O6. The van der Waals surface area contributed by atoms with Gasteiger partial charge in [-0.1, -0.05) is 63.3 Å². The van der Waals surface area contributed by atoms with Gasteiger partial charge in [0, 0.05) is 20.2 Å². The van der Waals surface area contributed by atoms with Gasteiger partial charge in [0.25, 0.3) is 5.91 Å². The number of aryl methyl sites for hydroxylation is 1. The van der Waals surface area contributed by atoms with Crippen molar-refractivity contribution < 1.29 is 29.6 Å². The molecule has 1 aromatic rings. The Bertz CT molecular complexity index is 838. The number of amides is 2. The molecule has 5 atom stereocenters. The molecule has 0 aromatic heterocycles. The van der Waals surface area contributed by atoms with Crippen molar-refractivity contribution in [2.75, 3.05) is 20.2 Å². The molecule has 2 rings (SSSR count). The molecule has 0 saturated carbocycles. The van der Waals surface area contributed by atoms with E-state index < -0.39 is 36.4 Å². The largest absolute Gasteiger partial charge is 0.387 e. The summed E-state index contributed by atoms with van der Waals surface area (Å²) >= 11 is 0. The first-order valence-electron chi connectivity index (χ1n) is 12.9. The van der Waals surface area contributed by atoms with E-state index in [1.54, 1.807) is 11.0 Å². The van der Waals surface area contributed by atoms with Gasteiger partial charge < -0.3 is 30.3 Å². The first-order chi connectivity index (χ1) is 17.0. The van der Waals surface area contributed by atoms with Gasteiger partial charge in [0.2, 0.25) is 5.91 Å². The van der Waals surface area contributed by atoms with Crippen molar-refractivity contribution in [2.45, 2.75) is 89.8 Å². The molecule has 1 fully saturated rings. The molecule has 1 aromatic carbocycles. The van der Waals surface area contributed by atoms with E-state index >= 15 is 0 Å². The fourth-order valence-corrected chi connectivity index (χ4v) is 4.28. The van der Waals surface area contributed by atoms with Gasteiger partial charge in [-0.3, -0.25) is 9.59 Å². The molecule has 0 spiro atoms. The topological polar surface area (TPSA) is 119 Å². The summed E-state index contributed by atoms with van der Waals surface area (Å²) in [6.07, 6.45) is 1.91. The molecule has 8 nitrogen and oxygen atoms in total. The molecule has 202 valence electrons. The highest BCUT2D eigenvalue weighted by atomic mass is 16.5. The first kappa shape index (κ1) is 30.0. The third kappa shape index (κ3) is 9.65. The highest BCUT2D eigenvalue weighted by molar-refractivity contribution is 5.89. The number of aliphatic hydroxyl groups excluding tert-OH is 3. The monoisotopic (exact) mass is 504 g/mol. The molecule has 0 radical (unpaired) electrons. The average Bonchev–Trinajstić information content (AvgIpc) is 3.01. The summed E-state index contributed by atoms with van der Waals surface area (Å²) in [5.74, 6) is -0.834. The van der Waals surface area contributed by atoms with E-state index in [1.165, 1.54) is 18.7 Å². The van der Waals surface area contributed by atoms with Crippen LogP contribution in [0.3, 0.4) is 0 Å². The number of unbranched alkanes of at least 4 members (excludes halogenated alkanes) is 1. The SMILES string of the molecule is CO[C@@H](C(=O)NC1CCCCN(CCCCc2ccccc2)C1=O)[C@H](O)[C@@H](O)[C@H](O)/C=C/C(C)(C)C. The van der Waals surface area contributed by atoms with Crippen LogP contribution in [-0.2, 0) is 20.7 Å². The van der Waals surface area contributed by atoms with Crippen molar-refractivity contribution in [3.05, 3.63) is 48.0 Å². The number of nitrogens with zero attached hydrogens (tertiary/aromatic N) is 1. The molecule has 36 heavy (non-hydrogen) atoms. The third-order valence-corrected chi connectivity index (χ3v) is 6.40. The van der Waals surface area contributed by atoms with E-state index in [9.17, 15) is 24.9 Å². The van der Waals surface area contributed by atoms with Crippen molar-refractivity contribution in [2.24, 2.45) is 5.41 Å². The Balaban J connectivity index is 1.93. The van der Waals surface area contributed by atoms with Crippen LogP contribution < -0.4 is 5.32 Å². The minimum Gasteiger partial charge on any atom is -0.387 e. The number of nitrogens with one attached hydrogen (secondary N) is 1. The molecule has 2 amide bonds. The van der Waals surface area contributed by atoms with Crippen LogP contribution in [0.5, 0.6) is 0 Å². The zero-order chi connectivity index (χ0) is 26.7. The highest BCUT2D eigenvalue weighted by Crippen LogP contribution is 2.18. The number of carbonyl (C=O) groups excluding carboxylic acids is 2. The number of benzene rings is 1. The number of rotatable bonds is 12. The van der Waals surface area contributed by atoms with Crippen LogP contribution in [0.25, 0.3) is 0 Å². The van der Waals surface area contributed by atoms with Crippen molar-refractivity contribution in [1.29, 1.82) is 0 Å². The van der Waals surface area contributed by atoms with Gasteiger partial charge in [-0.15, -0.1) is 0 Å². The van der Waals surface area contributed by atoms with Crippen LogP contribution in [0.4, 0.5) is 0 Å². The summed E-state index contributed by atoms with van der Waals surface area (Å²) < 4.78 is 5.16. The smallest absolute Gasteiger partial charge is 0.252 e. The fourth-order valence-electron chi connectivity index (χ4n) is 4.28. The molecule has 1 aliphatic heterocycles. The van der Waals surface area contributed by atoms with Gasteiger partial charge in [0.1, 0.15) is 24.4 Å². The maximum absolute atomic E-state index is 13.2. The molecule has 0 bridgehead atoms. The summed E-state index contributed by atoms with van der Waals surface area (Å²) in [6, 6.07) is 9.51. The molecule has 1 saturated heterocycles. The maximum Gasteiger partial charge on any atom is 0.252 e. The van der Waals surface area contributed by atoms with Gasteiger partial charge in [-0.2, -0.15) is 0 Å². The minimum atomic E-state index is -1.68. The zero-order valence-electron chi connectivity index (χ0n) is 22.1. The second-order valence-corrected chi connectivity index (χ2v) is 10.7. The van der Waals surface area contributed by atoms with Crippen molar-refractivity contribution >= 4 is 11.8 Å². The van der Waals surface area contributed by atoms with E-state index in [-0.39, 0.29) is 11.3 Å². The Morgan fingerprint density at radius 3 is 2.47 bits per heavy atom. The van der Waals surface area contributed by atoms with Crippen LogP contribution in [-0.4, -0.2) is 82.7 Å². The predicted molar refractivity (Wildman–Crippen MR) is 139 cm³/mol. The van der Waals surface area contributed by atoms with Crippen LogP contribution in [0, 0.1) is 5.41 Å². The van der Waals surface area contributed by atoms with Crippen molar-refractivity contribution in [1.82, 2.24) is 10.2 Å². The lowest BCUT2D eigenvalue weighted by molar-refractivity contribution is -0.151. The number of carbonyl (C=O) groups is 2. The standard InChI is InChI=1S/C28H44N2O6/c1-28(2,3)17-16-22(31)23(32)24(33)25(36-4)26(34)29-21-15-9-11-19-30(27(21)35)18-10-8-14-20-12-6-5-7-13-20/h5-7,12-13,16-17,21-25,31-33H,8-11,14-15,18-19H2,1-4H3,(H,29,34)/b17-16+/t21?,22-,23+,24-,25-/m1/s1. The number of ether oxygens (including phenoxy) is 1. The van der Waals surface area contributed by atoms with E-state index in [2.05, 4.69) is 17.4 Å². The summed E-state index contributed by atoms with van der Waals surface area (Å²) in [4.78, 5) is 27.9. The number of hydrogen-bond acceptors (Lipinski definition) is 6. The summed E-state index contributed by atoms with van der Waals surface area (Å²) in [7, 11) is 1.24. The van der Waals surface area contributed by atoms with Gasteiger partial charge in [0.05, 0.1) is 0 Å². The van der Waals surface area contributed by atoms with Crippen LogP contribution in [0.15, 0.2) is 42.5 Å². The normalized spacial score (nSPS) is 20.6. The van der Waals surface area contributed by atoms with Gasteiger partial charge >= 0.3 is 0 Å². The lowest BCUT2D eigenvalue weighted by Gasteiger charge is -2.29. The van der Waals surface area contributed by atoms with Crippen LogP contribution in [0.2, 0.25) is 0 Å². The lowest BCUT2D eigenvalue weighted by atomic mass is 9.94. The van der Waals surface area contributed by atoms with E-state index in [4.69, 9.17) is 4.74 Å². The Morgan fingerprint density at radius 1 is 1.14 bits per heavy atom. The van der Waals surface area contributed by atoms with E-state index in [0.29, 0.717) is 19.5 Å². The second-order valence-electron chi connectivity index (χ2n) is 10.7. The molecule has 0 aliphatic carbocycles. The van der Waals surface area contributed by atoms with Crippen molar-refractivity contribution in [3.63, 3.8) is 0 Å². The predicted octanol–water partition coefficient (Wildman–Crippen LogP) is 2.21. The quantitative estimate of drug-likeness (QED) is 0.256. The second kappa shape index (κ2) is 14.5. The van der Waals surface area contributed by atoms with Crippen LogP contribution in [0.1, 0.15) is 58.4 Å². The maximum atomic E-state index is 13.2. The third-order valence-electron chi connectivity index (χ3n) is 6.40. The Hall–Kier alpha value is -2.26.